The second-order valence-electron chi connectivity index (χ2n) is 4.47. The fourth-order valence-electron chi connectivity index (χ4n) is 2.12. The standard InChI is InChI=1S/C13H22N2O2/c1-8-6-10(14)7-9(2)12(8)13(17)11(16)4-5-15-3/h6-7,11,13,15-17H,4-5,14H2,1-3H3. The zero-order valence-corrected chi connectivity index (χ0v) is 10.7. The summed E-state index contributed by atoms with van der Waals surface area (Å²) in [5.41, 5.74) is 9.02. The van der Waals surface area contributed by atoms with Crippen molar-refractivity contribution in [3.8, 4) is 0 Å². The SMILES string of the molecule is CNCCC(O)C(O)c1c(C)cc(N)cc1C. The zero-order valence-electron chi connectivity index (χ0n) is 10.7. The maximum absolute atomic E-state index is 10.1. The Morgan fingerprint density at radius 1 is 1.24 bits per heavy atom. The van der Waals surface area contributed by atoms with Crippen molar-refractivity contribution in [3.63, 3.8) is 0 Å². The molecular weight excluding hydrogens is 216 g/mol. The highest BCUT2D eigenvalue weighted by molar-refractivity contribution is 5.49. The molecule has 1 rings (SSSR count). The van der Waals surface area contributed by atoms with E-state index in [1.54, 1.807) is 0 Å². The van der Waals surface area contributed by atoms with Crippen LogP contribution in [-0.2, 0) is 0 Å². The highest BCUT2D eigenvalue weighted by atomic mass is 16.3. The van der Waals surface area contributed by atoms with E-state index in [4.69, 9.17) is 5.73 Å². The van der Waals surface area contributed by atoms with E-state index in [0.717, 1.165) is 16.7 Å². The number of anilines is 1. The van der Waals surface area contributed by atoms with E-state index in [1.807, 2.05) is 33.0 Å². The van der Waals surface area contributed by atoms with Gasteiger partial charge >= 0.3 is 0 Å². The third-order valence-electron chi connectivity index (χ3n) is 2.97. The van der Waals surface area contributed by atoms with Gasteiger partial charge in [0.2, 0.25) is 0 Å². The van der Waals surface area contributed by atoms with Gasteiger partial charge in [0, 0.05) is 5.69 Å². The smallest absolute Gasteiger partial charge is 0.105 e. The van der Waals surface area contributed by atoms with Crippen molar-refractivity contribution in [2.24, 2.45) is 0 Å². The van der Waals surface area contributed by atoms with Gasteiger partial charge in [-0.3, -0.25) is 0 Å². The van der Waals surface area contributed by atoms with Gasteiger partial charge < -0.3 is 21.3 Å². The lowest BCUT2D eigenvalue weighted by molar-refractivity contribution is 0.0133. The summed E-state index contributed by atoms with van der Waals surface area (Å²) in [4.78, 5) is 0. The van der Waals surface area contributed by atoms with Gasteiger partial charge in [-0.05, 0) is 62.7 Å². The van der Waals surface area contributed by atoms with E-state index >= 15 is 0 Å². The summed E-state index contributed by atoms with van der Waals surface area (Å²) in [6, 6.07) is 3.63. The van der Waals surface area contributed by atoms with Crippen LogP contribution >= 0.6 is 0 Å². The predicted molar refractivity (Wildman–Crippen MR) is 69.8 cm³/mol. The number of aliphatic hydroxyl groups is 2. The van der Waals surface area contributed by atoms with Crippen molar-refractivity contribution < 1.29 is 10.2 Å². The van der Waals surface area contributed by atoms with E-state index in [9.17, 15) is 10.2 Å². The lowest BCUT2D eigenvalue weighted by Crippen LogP contribution is -2.24. The van der Waals surface area contributed by atoms with Crippen molar-refractivity contribution in [1.29, 1.82) is 0 Å². The van der Waals surface area contributed by atoms with Crippen LogP contribution in [0.5, 0.6) is 0 Å². The van der Waals surface area contributed by atoms with Crippen LogP contribution in [0.1, 0.15) is 29.2 Å². The fourth-order valence-corrected chi connectivity index (χ4v) is 2.12. The van der Waals surface area contributed by atoms with Gasteiger partial charge in [-0.15, -0.1) is 0 Å². The molecule has 0 radical (unpaired) electrons. The van der Waals surface area contributed by atoms with Crippen LogP contribution in [0.25, 0.3) is 0 Å². The second kappa shape index (κ2) is 6.00. The molecule has 0 spiro atoms. The monoisotopic (exact) mass is 238 g/mol. The number of nitrogens with one attached hydrogen (secondary N) is 1. The lowest BCUT2D eigenvalue weighted by Gasteiger charge is -2.22. The molecule has 0 saturated carbocycles. The van der Waals surface area contributed by atoms with Crippen LogP contribution < -0.4 is 11.1 Å². The molecule has 0 bridgehead atoms. The summed E-state index contributed by atoms with van der Waals surface area (Å²) < 4.78 is 0. The molecule has 2 atom stereocenters. The molecule has 0 saturated heterocycles. The minimum Gasteiger partial charge on any atom is -0.399 e. The van der Waals surface area contributed by atoms with Crippen LogP contribution in [0, 0.1) is 13.8 Å². The number of hydrogen-bond donors (Lipinski definition) is 4. The van der Waals surface area contributed by atoms with Gasteiger partial charge in [-0.25, -0.2) is 0 Å². The Hall–Kier alpha value is -1.10. The maximum atomic E-state index is 10.1. The summed E-state index contributed by atoms with van der Waals surface area (Å²) >= 11 is 0. The topological polar surface area (TPSA) is 78.5 Å². The molecule has 0 aliphatic carbocycles. The Bertz CT molecular complexity index is 357. The number of rotatable bonds is 5. The number of nitrogen functional groups attached to an aromatic ring is 1. The summed E-state index contributed by atoms with van der Waals surface area (Å²) in [5.74, 6) is 0. The van der Waals surface area contributed by atoms with Gasteiger partial charge in [-0.1, -0.05) is 0 Å². The summed E-state index contributed by atoms with van der Waals surface area (Å²) in [7, 11) is 1.82. The molecule has 5 N–H and O–H groups in total. The van der Waals surface area contributed by atoms with E-state index < -0.39 is 12.2 Å². The molecule has 0 aliphatic rings. The molecule has 4 heteroatoms. The highest BCUT2D eigenvalue weighted by Gasteiger charge is 2.21. The minimum absolute atomic E-state index is 0.515. The molecule has 0 amide bonds. The number of hydrogen-bond acceptors (Lipinski definition) is 4. The van der Waals surface area contributed by atoms with Crippen LogP contribution in [-0.4, -0.2) is 29.9 Å². The van der Waals surface area contributed by atoms with Crippen LogP contribution in [0.3, 0.4) is 0 Å². The van der Waals surface area contributed by atoms with Gasteiger partial charge in [0.05, 0.1) is 6.10 Å². The van der Waals surface area contributed by atoms with E-state index in [0.29, 0.717) is 18.7 Å². The van der Waals surface area contributed by atoms with Crippen LogP contribution in [0.15, 0.2) is 12.1 Å². The van der Waals surface area contributed by atoms with Gasteiger partial charge in [0.1, 0.15) is 6.10 Å². The van der Waals surface area contributed by atoms with E-state index in [1.165, 1.54) is 0 Å². The molecule has 2 unspecified atom stereocenters. The van der Waals surface area contributed by atoms with Crippen molar-refractivity contribution >= 4 is 5.69 Å². The first-order valence-corrected chi connectivity index (χ1v) is 5.84. The van der Waals surface area contributed by atoms with E-state index in [-0.39, 0.29) is 0 Å². The normalized spacial score (nSPS) is 14.6. The third kappa shape index (κ3) is 3.43. The molecule has 1 aromatic rings. The molecule has 0 aromatic heterocycles. The second-order valence-corrected chi connectivity index (χ2v) is 4.47. The molecule has 0 aliphatic heterocycles. The Kier molecular flexibility index (Phi) is 4.93. The Balaban J connectivity index is 2.91. The first kappa shape index (κ1) is 14.0. The minimum atomic E-state index is -0.857. The van der Waals surface area contributed by atoms with Gasteiger partial charge in [0.25, 0.3) is 0 Å². The highest BCUT2D eigenvalue weighted by Crippen LogP contribution is 2.27. The van der Waals surface area contributed by atoms with Crippen molar-refractivity contribution in [2.75, 3.05) is 19.3 Å². The first-order chi connectivity index (χ1) is 7.97. The predicted octanol–water partition coefficient (Wildman–Crippen LogP) is 0.889. The maximum Gasteiger partial charge on any atom is 0.105 e. The first-order valence-electron chi connectivity index (χ1n) is 5.84. The lowest BCUT2D eigenvalue weighted by atomic mass is 9.93. The van der Waals surface area contributed by atoms with Crippen molar-refractivity contribution in [2.45, 2.75) is 32.5 Å². The van der Waals surface area contributed by atoms with Gasteiger partial charge in [0.15, 0.2) is 0 Å². The molecule has 0 fully saturated rings. The Morgan fingerprint density at radius 3 is 2.24 bits per heavy atom. The average molecular weight is 238 g/mol. The summed E-state index contributed by atoms with van der Waals surface area (Å²) in [6.45, 7) is 4.46. The molecule has 0 heterocycles. The molecule has 17 heavy (non-hydrogen) atoms. The Morgan fingerprint density at radius 2 is 1.76 bits per heavy atom. The number of nitrogens with two attached hydrogens (primary N) is 1. The third-order valence-corrected chi connectivity index (χ3v) is 2.97. The molecular formula is C13H22N2O2. The quantitative estimate of drug-likeness (QED) is 0.574. The van der Waals surface area contributed by atoms with E-state index in [2.05, 4.69) is 5.32 Å². The number of aryl methyl sites for hydroxylation is 2. The van der Waals surface area contributed by atoms with Gasteiger partial charge in [-0.2, -0.15) is 0 Å². The molecule has 1 aromatic carbocycles. The average Bonchev–Trinajstić information content (AvgIpc) is 2.24. The van der Waals surface area contributed by atoms with Crippen molar-refractivity contribution in [3.05, 3.63) is 28.8 Å². The van der Waals surface area contributed by atoms with Crippen molar-refractivity contribution in [1.82, 2.24) is 5.32 Å². The summed E-state index contributed by atoms with van der Waals surface area (Å²) in [6.07, 6.45) is -1.10. The Labute approximate surface area is 102 Å². The number of benzene rings is 1. The zero-order chi connectivity index (χ0) is 13.0. The van der Waals surface area contributed by atoms with Crippen LogP contribution in [0.2, 0.25) is 0 Å². The molecule has 96 valence electrons. The largest absolute Gasteiger partial charge is 0.399 e. The fraction of sp³-hybridized carbons (Fsp3) is 0.538. The van der Waals surface area contributed by atoms with Crippen LogP contribution in [0.4, 0.5) is 5.69 Å². The summed E-state index contributed by atoms with van der Waals surface area (Å²) in [5, 5.41) is 23.0. The number of aliphatic hydroxyl groups excluding tert-OH is 2. The molecule has 4 nitrogen and oxygen atoms in total.